The van der Waals surface area contributed by atoms with Crippen LogP contribution in [0.25, 0.3) is 0 Å². The van der Waals surface area contributed by atoms with Gasteiger partial charge in [0.1, 0.15) is 0 Å². The maximum atomic E-state index is 12.3. The molecule has 1 aromatic heterocycles. The van der Waals surface area contributed by atoms with Crippen molar-refractivity contribution in [2.75, 3.05) is 38.0 Å². The number of carbonyl (C=O) groups excluding carboxylic acids is 3. The molecule has 0 radical (unpaired) electrons. The Kier molecular flexibility index (Phi) is 6.43. The third-order valence-corrected chi connectivity index (χ3v) is 5.50. The number of urea groups is 1. The van der Waals surface area contributed by atoms with E-state index in [0.717, 1.165) is 16.0 Å². The summed E-state index contributed by atoms with van der Waals surface area (Å²) in [7, 11) is 0. The van der Waals surface area contributed by atoms with Crippen LogP contribution < -0.4 is 10.6 Å². The summed E-state index contributed by atoms with van der Waals surface area (Å²) in [4.78, 5) is 41.0. The molecule has 2 N–H and O–H groups in total. The molecule has 2 aromatic rings. The molecule has 0 atom stereocenters. The highest BCUT2D eigenvalue weighted by molar-refractivity contribution is 7.12. The first-order valence-electron chi connectivity index (χ1n) is 9.15. The Bertz CT molecular complexity index is 858. The molecule has 28 heavy (non-hydrogen) atoms. The van der Waals surface area contributed by atoms with Crippen molar-refractivity contribution in [3.8, 4) is 0 Å². The van der Waals surface area contributed by atoms with Gasteiger partial charge in [0.15, 0.2) is 0 Å². The first-order valence-corrected chi connectivity index (χ1v) is 10.0. The minimum Gasteiger partial charge on any atom is -0.335 e. The predicted octanol–water partition coefficient (Wildman–Crippen LogP) is 2.47. The van der Waals surface area contributed by atoms with Crippen LogP contribution >= 0.6 is 11.3 Å². The molecular weight excluding hydrogens is 376 g/mol. The number of nitrogens with zero attached hydrogens (tertiary/aromatic N) is 2. The largest absolute Gasteiger partial charge is 0.335 e. The van der Waals surface area contributed by atoms with Crippen LogP contribution in [0.1, 0.15) is 20.8 Å². The highest BCUT2D eigenvalue weighted by Gasteiger charge is 2.24. The molecule has 1 saturated heterocycles. The Morgan fingerprint density at radius 1 is 1.07 bits per heavy atom. The normalized spacial score (nSPS) is 14.6. The second-order valence-electron chi connectivity index (χ2n) is 6.87. The molecule has 148 valence electrons. The van der Waals surface area contributed by atoms with E-state index in [2.05, 4.69) is 10.6 Å². The van der Waals surface area contributed by atoms with Crippen molar-refractivity contribution in [3.05, 3.63) is 51.7 Å². The number of aryl methyl sites for hydroxylation is 2. The lowest BCUT2D eigenvalue weighted by Gasteiger charge is -2.34. The molecule has 0 bridgehead atoms. The van der Waals surface area contributed by atoms with Crippen LogP contribution in [0.2, 0.25) is 0 Å². The van der Waals surface area contributed by atoms with Gasteiger partial charge in [0, 0.05) is 31.9 Å². The summed E-state index contributed by atoms with van der Waals surface area (Å²) in [6, 6.07) is 8.83. The molecule has 2 heterocycles. The van der Waals surface area contributed by atoms with Gasteiger partial charge in [0.2, 0.25) is 5.91 Å². The second-order valence-corrected chi connectivity index (χ2v) is 7.81. The van der Waals surface area contributed by atoms with Gasteiger partial charge in [0.05, 0.1) is 11.4 Å². The number of hydrogen-bond donors (Lipinski definition) is 2. The molecule has 1 aliphatic heterocycles. The van der Waals surface area contributed by atoms with Gasteiger partial charge in [-0.25, -0.2) is 4.79 Å². The molecule has 1 aliphatic rings. The fraction of sp³-hybridized carbons (Fsp3) is 0.350. The number of amides is 4. The lowest BCUT2D eigenvalue weighted by molar-refractivity contribution is -0.121. The quantitative estimate of drug-likeness (QED) is 0.826. The standard InChI is InChI=1S/C20H24N4O3S/c1-14-5-6-16(15(2)12-14)21-20(27)22-18(25)13-23-7-9-24(10-8-23)19(26)17-4-3-11-28-17/h3-6,11-12H,7-10,13H2,1-2H3,(H2,21,22,25,27). The van der Waals surface area contributed by atoms with Gasteiger partial charge in [-0.1, -0.05) is 23.8 Å². The average molecular weight is 401 g/mol. The molecule has 4 amide bonds. The topological polar surface area (TPSA) is 81.8 Å². The van der Waals surface area contributed by atoms with Crippen molar-refractivity contribution in [3.63, 3.8) is 0 Å². The highest BCUT2D eigenvalue weighted by Crippen LogP contribution is 2.16. The fourth-order valence-corrected chi connectivity index (χ4v) is 3.83. The zero-order chi connectivity index (χ0) is 20.1. The minimum atomic E-state index is -0.538. The average Bonchev–Trinajstić information content (AvgIpc) is 3.18. The number of carbonyl (C=O) groups is 3. The van der Waals surface area contributed by atoms with E-state index in [1.165, 1.54) is 11.3 Å². The van der Waals surface area contributed by atoms with Crippen LogP contribution in [0.3, 0.4) is 0 Å². The summed E-state index contributed by atoms with van der Waals surface area (Å²) in [6.45, 7) is 6.35. The van der Waals surface area contributed by atoms with E-state index < -0.39 is 6.03 Å². The number of hydrogen-bond acceptors (Lipinski definition) is 5. The number of benzene rings is 1. The van der Waals surface area contributed by atoms with E-state index in [-0.39, 0.29) is 18.4 Å². The van der Waals surface area contributed by atoms with Gasteiger partial charge >= 0.3 is 6.03 Å². The van der Waals surface area contributed by atoms with Gasteiger partial charge in [-0.05, 0) is 36.9 Å². The van der Waals surface area contributed by atoms with Crippen LogP contribution in [0.5, 0.6) is 0 Å². The molecule has 1 fully saturated rings. The molecule has 7 nitrogen and oxygen atoms in total. The summed E-state index contributed by atoms with van der Waals surface area (Å²) < 4.78 is 0. The van der Waals surface area contributed by atoms with Crippen molar-refractivity contribution in [2.24, 2.45) is 0 Å². The zero-order valence-corrected chi connectivity index (χ0v) is 16.8. The molecule has 0 spiro atoms. The summed E-state index contributed by atoms with van der Waals surface area (Å²) in [5, 5.41) is 6.95. The smallest absolute Gasteiger partial charge is 0.325 e. The Morgan fingerprint density at radius 2 is 1.82 bits per heavy atom. The number of nitrogens with one attached hydrogen (secondary N) is 2. The van der Waals surface area contributed by atoms with Crippen molar-refractivity contribution in [1.82, 2.24) is 15.1 Å². The summed E-state index contributed by atoms with van der Waals surface area (Å²) >= 11 is 1.43. The zero-order valence-electron chi connectivity index (χ0n) is 16.0. The van der Waals surface area contributed by atoms with Crippen LogP contribution in [-0.4, -0.2) is 60.4 Å². The van der Waals surface area contributed by atoms with Gasteiger partial charge in [0.25, 0.3) is 5.91 Å². The Hall–Kier alpha value is -2.71. The summed E-state index contributed by atoms with van der Waals surface area (Å²) in [5.74, 6) is -0.327. The third kappa shape index (κ3) is 5.17. The maximum absolute atomic E-state index is 12.3. The van der Waals surface area contributed by atoms with Crippen molar-refractivity contribution in [1.29, 1.82) is 0 Å². The number of anilines is 1. The molecule has 3 rings (SSSR count). The lowest BCUT2D eigenvalue weighted by Crippen LogP contribution is -2.51. The molecule has 0 aliphatic carbocycles. The van der Waals surface area contributed by atoms with E-state index in [9.17, 15) is 14.4 Å². The minimum absolute atomic E-state index is 0.0342. The summed E-state index contributed by atoms with van der Waals surface area (Å²) in [5.41, 5.74) is 2.72. The van der Waals surface area contributed by atoms with Crippen LogP contribution in [-0.2, 0) is 4.79 Å². The second kappa shape index (κ2) is 8.99. The molecule has 0 saturated carbocycles. The van der Waals surface area contributed by atoms with Crippen molar-refractivity contribution < 1.29 is 14.4 Å². The Labute approximate surface area is 168 Å². The third-order valence-electron chi connectivity index (χ3n) is 4.64. The summed E-state index contributed by atoms with van der Waals surface area (Å²) in [6.07, 6.45) is 0. The van der Waals surface area contributed by atoms with Crippen molar-refractivity contribution in [2.45, 2.75) is 13.8 Å². The predicted molar refractivity (Wildman–Crippen MR) is 110 cm³/mol. The van der Waals surface area contributed by atoms with E-state index in [1.807, 2.05) is 54.5 Å². The fourth-order valence-electron chi connectivity index (χ4n) is 3.14. The first kappa shape index (κ1) is 20.0. The van der Waals surface area contributed by atoms with Crippen LogP contribution in [0.4, 0.5) is 10.5 Å². The maximum Gasteiger partial charge on any atom is 0.325 e. The van der Waals surface area contributed by atoms with Gasteiger partial charge in [-0.2, -0.15) is 0 Å². The van der Waals surface area contributed by atoms with Crippen LogP contribution in [0.15, 0.2) is 35.7 Å². The first-order chi connectivity index (χ1) is 13.4. The number of thiophene rings is 1. The van der Waals surface area contributed by atoms with E-state index in [4.69, 9.17) is 0 Å². The SMILES string of the molecule is Cc1ccc(NC(=O)NC(=O)CN2CCN(C(=O)c3cccs3)CC2)c(C)c1. The number of imide groups is 1. The van der Waals surface area contributed by atoms with E-state index in [0.29, 0.717) is 31.9 Å². The Balaban J connectivity index is 1.43. The molecule has 1 aromatic carbocycles. The lowest BCUT2D eigenvalue weighted by atomic mass is 10.1. The van der Waals surface area contributed by atoms with Gasteiger partial charge in [-0.15, -0.1) is 11.3 Å². The highest BCUT2D eigenvalue weighted by atomic mass is 32.1. The van der Waals surface area contributed by atoms with E-state index >= 15 is 0 Å². The van der Waals surface area contributed by atoms with E-state index in [1.54, 1.807) is 4.90 Å². The van der Waals surface area contributed by atoms with Crippen LogP contribution in [0, 0.1) is 13.8 Å². The molecular formula is C20H24N4O3S. The number of piperazine rings is 1. The van der Waals surface area contributed by atoms with Crippen molar-refractivity contribution >= 4 is 34.9 Å². The van der Waals surface area contributed by atoms with Gasteiger partial charge in [-0.3, -0.25) is 19.8 Å². The Morgan fingerprint density at radius 3 is 2.46 bits per heavy atom. The molecule has 0 unspecified atom stereocenters. The molecule has 8 heteroatoms. The monoisotopic (exact) mass is 400 g/mol. The van der Waals surface area contributed by atoms with Gasteiger partial charge < -0.3 is 10.2 Å². The number of rotatable bonds is 4.